The van der Waals surface area contributed by atoms with Crippen LogP contribution in [-0.2, 0) is 6.42 Å². The second-order valence-corrected chi connectivity index (χ2v) is 6.28. The maximum atomic E-state index is 12.9. The number of carbonyl (C=O) groups excluding carboxylic acids is 1. The first kappa shape index (κ1) is 15.3. The van der Waals surface area contributed by atoms with Crippen LogP contribution in [0.15, 0.2) is 18.2 Å². The van der Waals surface area contributed by atoms with Crippen molar-refractivity contribution in [2.45, 2.75) is 39.2 Å². The molecule has 4 nitrogen and oxygen atoms in total. The van der Waals surface area contributed by atoms with Gasteiger partial charge in [-0.05, 0) is 50.0 Å². The molecule has 1 fully saturated rings. The number of amides is 1. The highest BCUT2D eigenvalue weighted by atomic mass is 16.2. The standard InChI is InChI=1S/C18H27N3O/c1-3-20(4-2)14-10-12-21(13-14)18(22)16-7-5-9-17-15(16)8-6-11-19-17/h5,7,9,14,19H,3-4,6,8,10-13H2,1-2H3. The zero-order valence-electron chi connectivity index (χ0n) is 13.8. The van der Waals surface area contributed by atoms with Gasteiger partial charge in [-0.25, -0.2) is 0 Å². The number of rotatable bonds is 4. The van der Waals surface area contributed by atoms with Gasteiger partial charge in [0.15, 0.2) is 0 Å². The fourth-order valence-electron chi connectivity index (χ4n) is 3.85. The Labute approximate surface area is 133 Å². The van der Waals surface area contributed by atoms with E-state index in [1.807, 2.05) is 17.0 Å². The number of benzene rings is 1. The van der Waals surface area contributed by atoms with Crippen LogP contribution in [0, 0.1) is 0 Å². The summed E-state index contributed by atoms with van der Waals surface area (Å²) in [5.74, 6) is 0.218. The van der Waals surface area contributed by atoms with Gasteiger partial charge in [-0.3, -0.25) is 9.69 Å². The summed E-state index contributed by atoms with van der Waals surface area (Å²) in [6, 6.07) is 6.62. The van der Waals surface area contributed by atoms with Crippen LogP contribution in [0.4, 0.5) is 5.69 Å². The van der Waals surface area contributed by atoms with E-state index in [9.17, 15) is 4.79 Å². The van der Waals surface area contributed by atoms with E-state index in [1.165, 1.54) is 5.56 Å². The molecule has 1 aromatic carbocycles. The minimum absolute atomic E-state index is 0.218. The van der Waals surface area contributed by atoms with Gasteiger partial charge in [0.1, 0.15) is 0 Å². The van der Waals surface area contributed by atoms with Crippen LogP contribution in [-0.4, -0.2) is 54.5 Å². The molecule has 1 saturated heterocycles. The number of likely N-dealkylation sites (N-methyl/N-ethyl adjacent to an activating group) is 1. The summed E-state index contributed by atoms with van der Waals surface area (Å²) in [6.07, 6.45) is 3.22. The van der Waals surface area contributed by atoms with Gasteiger partial charge in [0, 0.05) is 36.9 Å². The van der Waals surface area contributed by atoms with Crippen LogP contribution >= 0.6 is 0 Å². The summed E-state index contributed by atoms with van der Waals surface area (Å²) in [6.45, 7) is 9.30. The normalized spacial score (nSPS) is 20.9. The molecule has 0 bridgehead atoms. The first-order chi connectivity index (χ1) is 10.7. The lowest BCUT2D eigenvalue weighted by Gasteiger charge is -2.27. The molecule has 22 heavy (non-hydrogen) atoms. The van der Waals surface area contributed by atoms with E-state index in [-0.39, 0.29) is 5.91 Å². The fraction of sp³-hybridized carbons (Fsp3) is 0.611. The molecule has 3 rings (SSSR count). The topological polar surface area (TPSA) is 35.6 Å². The molecule has 0 spiro atoms. The summed E-state index contributed by atoms with van der Waals surface area (Å²) in [5, 5.41) is 3.41. The van der Waals surface area contributed by atoms with E-state index in [0.717, 1.165) is 63.2 Å². The highest BCUT2D eigenvalue weighted by Gasteiger charge is 2.31. The van der Waals surface area contributed by atoms with Crippen molar-refractivity contribution in [1.82, 2.24) is 9.80 Å². The number of nitrogens with one attached hydrogen (secondary N) is 1. The van der Waals surface area contributed by atoms with E-state index in [4.69, 9.17) is 0 Å². The van der Waals surface area contributed by atoms with Crippen molar-refractivity contribution in [3.63, 3.8) is 0 Å². The number of nitrogens with zero attached hydrogens (tertiary/aromatic N) is 2. The van der Waals surface area contributed by atoms with E-state index < -0.39 is 0 Å². The minimum atomic E-state index is 0.218. The van der Waals surface area contributed by atoms with Gasteiger partial charge in [-0.1, -0.05) is 19.9 Å². The molecule has 1 atom stereocenters. The Hall–Kier alpha value is -1.55. The van der Waals surface area contributed by atoms with E-state index in [0.29, 0.717) is 6.04 Å². The predicted octanol–water partition coefficient (Wildman–Crippen LogP) is 2.60. The highest BCUT2D eigenvalue weighted by Crippen LogP contribution is 2.27. The Morgan fingerprint density at radius 3 is 2.95 bits per heavy atom. The Morgan fingerprint density at radius 1 is 1.36 bits per heavy atom. The van der Waals surface area contributed by atoms with E-state index in [1.54, 1.807) is 0 Å². The molecule has 0 radical (unpaired) electrons. The monoisotopic (exact) mass is 301 g/mol. The molecule has 0 saturated carbocycles. The van der Waals surface area contributed by atoms with Gasteiger partial charge >= 0.3 is 0 Å². The zero-order chi connectivity index (χ0) is 15.5. The lowest BCUT2D eigenvalue weighted by Crippen LogP contribution is -2.38. The molecule has 4 heteroatoms. The Morgan fingerprint density at radius 2 is 2.18 bits per heavy atom. The van der Waals surface area contributed by atoms with Gasteiger partial charge in [-0.2, -0.15) is 0 Å². The van der Waals surface area contributed by atoms with Crippen LogP contribution in [0.5, 0.6) is 0 Å². The van der Waals surface area contributed by atoms with Gasteiger partial charge in [0.05, 0.1) is 0 Å². The van der Waals surface area contributed by atoms with Crippen molar-refractivity contribution in [3.8, 4) is 0 Å². The minimum Gasteiger partial charge on any atom is -0.385 e. The lowest BCUT2D eigenvalue weighted by atomic mass is 9.97. The van der Waals surface area contributed by atoms with Gasteiger partial charge in [-0.15, -0.1) is 0 Å². The molecule has 2 heterocycles. The molecular formula is C18H27N3O. The lowest BCUT2D eigenvalue weighted by molar-refractivity contribution is 0.0777. The Kier molecular flexibility index (Phi) is 4.67. The third-order valence-corrected chi connectivity index (χ3v) is 5.10. The largest absolute Gasteiger partial charge is 0.385 e. The van der Waals surface area contributed by atoms with Crippen molar-refractivity contribution in [2.75, 3.05) is 38.0 Å². The molecule has 1 unspecified atom stereocenters. The first-order valence-corrected chi connectivity index (χ1v) is 8.63. The highest BCUT2D eigenvalue weighted by molar-refractivity contribution is 5.97. The number of anilines is 1. The average molecular weight is 301 g/mol. The third kappa shape index (κ3) is 2.84. The number of likely N-dealkylation sites (tertiary alicyclic amines) is 1. The van der Waals surface area contributed by atoms with Crippen LogP contribution in [0.3, 0.4) is 0 Å². The number of hydrogen-bond donors (Lipinski definition) is 1. The van der Waals surface area contributed by atoms with Crippen molar-refractivity contribution in [1.29, 1.82) is 0 Å². The average Bonchev–Trinajstić information content (AvgIpc) is 3.05. The maximum Gasteiger partial charge on any atom is 0.254 e. The SMILES string of the molecule is CCN(CC)C1CCN(C(=O)c2cccc3c2CCCN3)C1. The van der Waals surface area contributed by atoms with Crippen molar-refractivity contribution < 1.29 is 4.79 Å². The van der Waals surface area contributed by atoms with Gasteiger partial charge in [0.2, 0.25) is 0 Å². The molecule has 2 aliphatic heterocycles. The molecule has 0 aromatic heterocycles. The zero-order valence-corrected chi connectivity index (χ0v) is 13.8. The molecule has 2 aliphatic rings. The molecule has 1 aromatic rings. The molecule has 1 N–H and O–H groups in total. The second-order valence-electron chi connectivity index (χ2n) is 6.28. The predicted molar refractivity (Wildman–Crippen MR) is 90.5 cm³/mol. The fourth-order valence-corrected chi connectivity index (χ4v) is 3.85. The smallest absolute Gasteiger partial charge is 0.254 e. The summed E-state index contributed by atoms with van der Waals surface area (Å²) in [4.78, 5) is 17.5. The number of carbonyl (C=O) groups is 1. The number of hydrogen-bond acceptors (Lipinski definition) is 3. The van der Waals surface area contributed by atoms with Crippen LogP contribution in [0.1, 0.15) is 42.6 Å². The summed E-state index contributed by atoms with van der Waals surface area (Å²) >= 11 is 0. The maximum absolute atomic E-state index is 12.9. The van der Waals surface area contributed by atoms with Gasteiger partial charge < -0.3 is 10.2 Å². The molecular weight excluding hydrogens is 274 g/mol. The first-order valence-electron chi connectivity index (χ1n) is 8.63. The van der Waals surface area contributed by atoms with E-state index >= 15 is 0 Å². The quantitative estimate of drug-likeness (QED) is 0.928. The summed E-state index contributed by atoms with van der Waals surface area (Å²) in [5.41, 5.74) is 3.27. The second kappa shape index (κ2) is 6.69. The van der Waals surface area contributed by atoms with Crippen molar-refractivity contribution in [2.24, 2.45) is 0 Å². The van der Waals surface area contributed by atoms with Crippen molar-refractivity contribution >= 4 is 11.6 Å². The summed E-state index contributed by atoms with van der Waals surface area (Å²) in [7, 11) is 0. The molecule has 1 amide bonds. The number of fused-ring (bicyclic) bond motifs is 1. The molecule has 0 aliphatic carbocycles. The Balaban J connectivity index is 1.75. The Bertz CT molecular complexity index is 539. The van der Waals surface area contributed by atoms with E-state index in [2.05, 4.69) is 30.1 Å². The van der Waals surface area contributed by atoms with Gasteiger partial charge in [0.25, 0.3) is 5.91 Å². The van der Waals surface area contributed by atoms with Crippen LogP contribution < -0.4 is 5.32 Å². The third-order valence-electron chi connectivity index (χ3n) is 5.10. The summed E-state index contributed by atoms with van der Waals surface area (Å²) < 4.78 is 0. The van der Waals surface area contributed by atoms with Crippen LogP contribution in [0.2, 0.25) is 0 Å². The van der Waals surface area contributed by atoms with Crippen LogP contribution in [0.25, 0.3) is 0 Å². The molecule has 120 valence electrons. The van der Waals surface area contributed by atoms with Crippen molar-refractivity contribution in [3.05, 3.63) is 29.3 Å².